The molecule has 1 heterocycles. The van der Waals surface area contributed by atoms with E-state index in [0.29, 0.717) is 6.54 Å². The molecule has 1 aliphatic heterocycles. The van der Waals surface area contributed by atoms with Crippen molar-refractivity contribution in [3.05, 3.63) is 29.8 Å². The topological polar surface area (TPSA) is 75.8 Å². The number of carbonyl (C=O) groups is 1. The lowest BCUT2D eigenvalue weighted by molar-refractivity contribution is 0.0218. The highest BCUT2D eigenvalue weighted by atomic mass is 16.6. The zero-order chi connectivity index (χ0) is 14.9. The van der Waals surface area contributed by atoms with Crippen LogP contribution in [0.25, 0.3) is 0 Å². The molecule has 1 aliphatic rings. The quantitative estimate of drug-likeness (QED) is 0.827. The van der Waals surface area contributed by atoms with Crippen LogP contribution in [0.5, 0.6) is 5.75 Å². The largest absolute Gasteiger partial charge is 0.508 e. The Morgan fingerprint density at radius 3 is 2.50 bits per heavy atom. The van der Waals surface area contributed by atoms with E-state index in [2.05, 4.69) is 0 Å². The predicted molar refractivity (Wildman–Crippen MR) is 76.4 cm³/mol. The Bertz CT molecular complexity index is 479. The number of benzene rings is 1. The Balaban J connectivity index is 2.20. The van der Waals surface area contributed by atoms with E-state index >= 15 is 0 Å². The van der Waals surface area contributed by atoms with Crippen LogP contribution in [-0.2, 0) is 4.74 Å². The first kappa shape index (κ1) is 14.7. The number of phenolic OH excluding ortho intramolecular Hbond substituents is 1. The highest BCUT2D eigenvalue weighted by Crippen LogP contribution is 2.33. The molecule has 1 amide bonds. The third kappa shape index (κ3) is 3.22. The number of phenols is 1. The van der Waals surface area contributed by atoms with Gasteiger partial charge >= 0.3 is 6.09 Å². The summed E-state index contributed by atoms with van der Waals surface area (Å²) in [7, 11) is 0. The van der Waals surface area contributed by atoms with E-state index in [1.165, 1.54) is 0 Å². The number of carbonyl (C=O) groups excluding carboxylic acids is 1. The van der Waals surface area contributed by atoms with Gasteiger partial charge in [0, 0.05) is 12.6 Å². The standard InChI is InChI=1S/C15H22N2O3/c1-15(2,3)20-14(19)17-9-8-12(16)13(17)10-4-6-11(18)7-5-10/h4-7,12-13,18H,8-9,16H2,1-3H3. The van der Waals surface area contributed by atoms with Crippen molar-refractivity contribution in [3.63, 3.8) is 0 Å². The maximum atomic E-state index is 12.3. The SMILES string of the molecule is CC(C)(C)OC(=O)N1CCC(N)C1c1ccc(O)cc1. The van der Waals surface area contributed by atoms with Crippen molar-refractivity contribution in [1.82, 2.24) is 4.90 Å². The molecule has 0 saturated carbocycles. The molecule has 2 rings (SSSR count). The van der Waals surface area contributed by atoms with E-state index < -0.39 is 5.60 Å². The molecule has 0 radical (unpaired) electrons. The number of nitrogens with two attached hydrogens (primary N) is 1. The molecular weight excluding hydrogens is 256 g/mol. The first-order valence-corrected chi connectivity index (χ1v) is 6.82. The van der Waals surface area contributed by atoms with Crippen molar-refractivity contribution >= 4 is 6.09 Å². The second kappa shape index (κ2) is 5.32. The summed E-state index contributed by atoms with van der Waals surface area (Å²) >= 11 is 0. The Labute approximate surface area is 119 Å². The molecule has 0 aliphatic carbocycles. The average molecular weight is 278 g/mol. The molecule has 5 nitrogen and oxygen atoms in total. The number of likely N-dealkylation sites (tertiary alicyclic amines) is 1. The van der Waals surface area contributed by atoms with E-state index in [4.69, 9.17) is 10.5 Å². The summed E-state index contributed by atoms with van der Waals surface area (Å²) in [6, 6.07) is 6.48. The van der Waals surface area contributed by atoms with Gasteiger partial charge in [-0.3, -0.25) is 4.90 Å². The first-order chi connectivity index (χ1) is 9.28. The summed E-state index contributed by atoms with van der Waals surface area (Å²) in [5, 5.41) is 9.36. The van der Waals surface area contributed by atoms with Crippen molar-refractivity contribution in [3.8, 4) is 5.75 Å². The monoisotopic (exact) mass is 278 g/mol. The first-order valence-electron chi connectivity index (χ1n) is 6.82. The highest BCUT2D eigenvalue weighted by molar-refractivity contribution is 5.69. The maximum Gasteiger partial charge on any atom is 0.410 e. The Hall–Kier alpha value is -1.75. The van der Waals surface area contributed by atoms with Crippen molar-refractivity contribution in [1.29, 1.82) is 0 Å². The summed E-state index contributed by atoms with van der Waals surface area (Å²) in [5.41, 5.74) is 6.52. The third-order valence-electron chi connectivity index (χ3n) is 3.31. The molecule has 1 aromatic carbocycles. The Kier molecular flexibility index (Phi) is 3.90. The second-order valence-electron chi connectivity index (χ2n) is 6.16. The lowest BCUT2D eigenvalue weighted by atomic mass is 10.0. The van der Waals surface area contributed by atoms with Crippen LogP contribution in [-0.4, -0.2) is 34.3 Å². The molecular formula is C15H22N2O3. The van der Waals surface area contributed by atoms with Gasteiger partial charge in [-0.2, -0.15) is 0 Å². The van der Waals surface area contributed by atoms with Crippen LogP contribution in [0.15, 0.2) is 24.3 Å². The molecule has 0 bridgehead atoms. The number of hydrogen-bond donors (Lipinski definition) is 2. The summed E-state index contributed by atoms with van der Waals surface area (Å²) in [6.07, 6.45) is 0.397. The Morgan fingerprint density at radius 1 is 1.35 bits per heavy atom. The lowest BCUT2D eigenvalue weighted by Gasteiger charge is -2.30. The van der Waals surface area contributed by atoms with Gasteiger partial charge in [-0.25, -0.2) is 4.79 Å². The van der Waals surface area contributed by atoms with Gasteiger partial charge in [-0.05, 0) is 44.9 Å². The number of amides is 1. The van der Waals surface area contributed by atoms with Gasteiger partial charge in [-0.1, -0.05) is 12.1 Å². The lowest BCUT2D eigenvalue weighted by Crippen LogP contribution is -2.39. The Morgan fingerprint density at radius 2 is 1.95 bits per heavy atom. The van der Waals surface area contributed by atoms with Gasteiger partial charge in [0.05, 0.1) is 6.04 Å². The predicted octanol–water partition coefficient (Wildman–Crippen LogP) is 2.40. The summed E-state index contributed by atoms with van der Waals surface area (Å²) in [6.45, 7) is 6.12. The fraction of sp³-hybridized carbons (Fsp3) is 0.533. The molecule has 1 aromatic rings. The van der Waals surface area contributed by atoms with Crippen LogP contribution in [0, 0.1) is 0 Å². The number of aromatic hydroxyl groups is 1. The molecule has 1 fully saturated rings. The zero-order valence-corrected chi connectivity index (χ0v) is 12.2. The van der Waals surface area contributed by atoms with Gasteiger partial charge in [0.25, 0.3) is 0 Å². The van der Waals surface area contributed by atoms with E-state index in [0.717, 1.165) is 12.0 Å². The molecule has 20 heavy (non-hydrogen) atoms. The van der Waals surface area contributed by atoms with E-state index in [1.54, 1.807) is 29.2 Å². The third-order valence-corrected chi connectivity index (χ3v) is 3.31. The summed E-state index contributed by atoms with van der Waals surface area (Å²) in [5.74, 6) is 0.198. The smallest absolute Gasteiger partial charge is 0.410 e. The maximum absolute atomic E-state index is 12.3. The van der Waals surface area contributed by atoms with Gasteiger partial charge in [-0.15, -0.1) is 0 Å². The summed E-state index contributed by atoms with van der Waals surface area (Å²) < 4.78 is 5.43. The highest BCUT2D eigenvalue weighted by Gasteiger charge is 2.38. The van der Waals surface area contributed by atoms with Crippen LogP contribution >= 0.6 is 0 Å². The number of rotatable bonds is 1. The molecule has 110 valence electrons. The average Bonchev–Trinajstić information content (AvgIpc) is 2.70. The van der Waals surface area contributed by atoms with Crippen LogP contribution in [0.3, 0.4) is 0 Å². The second-order valence-corrected chi connectivity index (χ2v) is 6.16. The number of nitrogens with zero attached hydrogens (tertiary/aromatic N) is 1. The summed E-state index contributed by atoms with van der Waals surface area (Å²) in [4.78, 5) is 13.9. The van der Waals surface area contributed by atoms with E-state index in [9.17, 15) is 9.90 Å². The molecule has 2 atom stereocenters. The molecule has 5 heteroatoms. The van der Waals surface area contributed by atoms with Crippen LogP contribution in [0.4, 0.5) is 4.79 Å². The number of hydrogen-bond acceptors (Lipinski definition) is 4. The molecule has 0 aromatic heterocycles. The van der Waals surface area contributed by atoms with Crippen molar-refractivity contribution < 1.29 is 14.6 Å². The van der Waals surface area contributed by atoms with Crippen LogP contribution in [0.1, 0.15) is 38.8 Å². The minimum Gasteiger partial charge on any atom is -0.508 e. The van der Waals surface area contributed by atoms with Crippen molar-refractivity contribution in [2.24, 2.45) is 5.73 Å². The zero-order valence-electron chi connectivity index (χ0n) is 12.2. The fourth-order valence-electron chi connectivity index (χ4n) is 2.44. The normalized spacial score (nSPS) is 22.9. The van der Waals surface area contributed by atoms with Crippen molar-refractivity contribution in [2.75, 3.05) is 6.54 Å². The fourth-order valence-corrected chi connectivity index (χ4v) is 2.44. The van der Waals surface area contributed by atoms with Gasteiger partial charge < -0.3 is 15.6 Å². The molecule has 0 spiro atoms. The van der Waals surface area contributed by atoms with E-state index in [-0.39, 0.29) is 23.9 Å². The molecule has 2 unspecified atom stereocenters. The number of ether oxygens (including phenoxy) is 1. The van der Waals surface area contributed by atoms with Crippen LogP contribution < -0.4 is 5.73 Å². The molecule has 1 saturated heterocycles. The minimum absolute atomic E-state index is 0.118. The van der Waals surface area contributed by atoms with E-state index in [1.807, 2.05) is 20.8 Å². The van der Waals surface area contributed by atoms with Gasteiger partial charge in [0.1, 0.15) is 11.4 Å². The van der Waals surface area contributed by atoms with Crippen molar-refractivity contribution in [2.45, 2.75) is 44.9 Å². The van der Waals surface area contributed by atoms with Gasteiger partial charge in [0.2, 0.25) is 0 Å². The van der Waals surface area contributed by atoms with Gasteiger partial charge in [0.15, 0.2) is 0 Å². The molecule has 3 N–H and O–H groups in total. The van der Waals surface area contributed by atoms with Crippen LogP contribution in [0.2, 0.25) is 0 Å². The minimum atomic E-state index is -0.525.